The topological polar surface area (TPSA) is 52.3 Å². The summed E-state index contributed by atoms with van der Waals surface area (Å²) in [5.41, 5.74) is 2.20. The van der Waals surface area contributed by atoms with Crippen LogP contribution in [0.15, 0.2) is 33.9 Å². The number of aromatic nitrogens is 1. The van der Waals surface area contributed by atoms with Gasteiger partial charge >= 0.3 is 5.97 Å². The van der Waals surface area contributed by atoms with E-state index in [0.717, 1.165) is 11.1 Å². The van der Waals surface area contributed by atoms with Crippen molar-refractivity contribution >= 4 is 17.7 Å². The average molecular weight is 277 g/mol. The molecular formula is C14H15NO3S. The van der Waals surface area contributed by atoms with Crippen LogP contribution in [0.3, 0.4) is 0 Å². The predicted octanol–water partition coefficient (Wildman–Crippen LogP) is 3.55. The van der Waals surface area contributed by atoms with Crippen LogP contribution in [0.5, 0.6) is 0 Å². The smallest absolute Gasteiger partial charge is 0.361 e. The molecule has 0 bridgehead atoms. The van der Waals surface area contributed by atoms with Gasteiger partial charge in [0.1, 0.15) is 0 Å². The molecule has 0 saturated carbocycles. The standard InChI is InChI=1S/C14H15NO3S/c1-4-17-13(16)11-12(18-14(15-11)19-3)10-7-5-9(2)6-8-10/h5-8H,4H2,1-3H3. The maximum atomic E-state index is 11.9. The third-order valence-electron chi connectivity index (χ3n) is 2.56. The highest BCUT2D eigenvalue weighted by Crippen LogP contribution is 2.29. The molecule has 5 heteroatoms. The van der Waals surface area contributed by atoms with E-state index in [0.29, 0.717) is 17.6 Å². The Morgan fingerprint density at radius 3 is 2.63 bits per heavy atom. The van der Waals surface area contributed by atoms with Crippen molar-refractivity contribution in [2.45, 2.75) is 19.1 Å². The van der Waals surface area contributed by atoms with Crippen molar-refractivity contribution in [2.75, 3.05) is 12.9 Å². The summed E-state index contributed by atoms with van der Waals surface area (Å²) >= 11 is 1.35. The monoisotopic (exact) mass is 277 g/mol. The first kappa shape index (κ1) is 13.7. The molecule has 2 rings (SSSR count). The lowest BCUT2D eigenvalue weighted by Crippen LogP contribution is -2.06. The van der Waals surface area contributed by atoms with Gasteiger partial charge in [0, 0.05) is 5.56 Å². The van der Waals surface area contributed by atoms with Crippen molar-refractivity contribution in [3.63, 3.8) is 0 Å². The van der Waals surface area contributed by atoms with Crippen LogP contribution in [0, 0.1) is 6.92 Å². The predicted molar refractivity (Wildman–Crippen MR) is 74.4 cm³/mol. The van der Waals surface area contributed by atoms with Crippen molar-refractivity contribution in [1.82, 2.24) is 4.98 Å². The van der Waals surface area contributed by atoms with Crippen LogP contribution in [-0.4, -0.2) is 23.8 Å². The number of hydrogen-bond acceptors (Lipinski definition) is 5. The van der Waals surface area contributed by atoms with Crippen molar-refractivity contribution in [3.8, 4) is 11.3 Å². The van der Waals surface area contributed by atoms with Crippen LogP contribution in [-0.2, 0) is 4.74 Å². The van der Waals surface area contributed by atoms with Gasteiger partial charge in [0.2, 0.25) is 0 Å². The molecular weight excluding hydrogens is 262 g/mol. The zero-order valence-electron chi connectivity index (χ0n) is 11.1. The van der Waals surface area contributed by atoms with Crippen molar-refractivity contribution < 1.29 is 13.9 Å². The summed E-state index contributed by atoms with van der Waals surface area (Å²) in [4.78, 5) is 16.0. The molecule has 0 unspecified atom stereocenters. The lowest BCUT2D eigenvalue weighted by molar-refractivity contribution is 0.0520. The van der Waals surface area contributed by atoms with E-state index in [1.165, 1.54) is 11.8 Å². The molecule has 0 saturated heterocycles. The van der Waals surface area contributed by atoms with Gasteiger partial charge in [-0.2, -0.15) is 4.98 Å². The molecule has 0 amide bonds. The number of nitrogens with zero attached hydrogens (tertiary/aromatic N) is 1. The first-order valence-corrected chi connectivity index (χ1v) is 7.17. The Labute approximate surface area is 116 Å². The Balaban J connectivity index is 2.46. The largest absolute Gasteiger partial charge is 0.461 e. The summed E-state index contributed by atoms with van der Waals surface area (Å²) in [5.74, 6) is 0.00456. The summed E-state index contributed by atoms with van der Waals surface area (Å²) in [7, 11) is 0. The molecule has 1 aromatic carbocycles. The number of aryl methyl sites for hydroxylation is 1. The van der Waals surface area contributed by atoms with Gasteiger partial charge in [-0.3, -0.25) is 0 Å². The minimum Gasteiger partial charge on any atom is -0.461 e. The summed E-state index contributed by atoms with van der Waals surface area (Å²) in [5, 5.41) is 0.457. The number of thioether (sulfide) groups is 1. The molecule has 1 heterocycles. The molecule has 0 aliphatic carbocycles. The number of hydrogen-bond donors (Lipinski definition) is 0. The molecule has 0 radical (unpaired) electrons. The van der Waals surface area contributed by atoms with E-state index in [-0.39, 0.29) is 5.69 Å². The highest BCUT2D eigenvalue weighted by molar-refractivity contribution is 7.98. The van der Waals surface area contributed by atoms with E-state index in [4.69, 9.17) is 9.15 Å². The minimum absolute atomic E-state index is 0.232. The number of oxazole rings is 1. The first-order chi connectivity index (χ1) is 9.15. The number of rotatable bonds is 4. The van der Waals surface area contributed by atoms with Gasteiger partial charge in [0.05, 0.1) is 6.61 Å². The molecule has 4 nitrogen and oxygen atoms in total. The Morgan fingerprint density at radius 1 is 1.37 bits per heavy atom. The molecule has 0 N–H and O–H groups in total. The Morgan fingerprint density at radius 2 is 2.05 bits per heavy atom. The lowest BCUT2D eigenvalue weighted by atomic mass is 10.1. The SMILES string of the molecule is CCOC(=O)c1nc(SC)oc1-c1ccc(C)cc1. The summed E-state index contributed by atoms with van der Waals surface area (Å²) in [6.45, 7) is 4.08. The van der Waals surface area contributed by atoms with Gasteiger partial charge in [-0.05, 0) is 20.1 Å². The third-order valence-corrected chi connectivity index (χ3v) is 3.09. The zero-order chi connectivity index (χ0) is 13.8. The average Bonchev–Trinajstić information content (AvgIpc) is 2.84. The van der Waals surface area contributed by atoms with E-state index in [2.05, 4.69) is 4.98 Å². The maximum absolute atomic E-state index is 11.9. The van der Waals surface area contributed by atoms with Crippen LogP contribution < -0.4 is 0 Å². The molecule has 2 aromatic rings. The van der Waals surface area contributed by atoms with Gasteiger partial charge in [0.15, 0.2) is 11.5 Å². The fraction of sp³-hybridized carbons (Fsp3) is 0.286. The van der Waals surface area contributed by atoms with Crippen LogP contribution in [0.1, 0.15) is 23.0 Å². The lowest BCUT2D eigenvalue weighted by Gasteiger charge is -2.01. The second-order valence-electron chi connectivity index (χ2n) is 3.95. The van der Waals surface area contributed by atoms with E-state index in [1.807, 2.05) is 37.4 Å². The van der Waals surface area contributed by atoms with Crippen molar-refractivity contribution in [1.29, 1.82) is 0 Å². The van der Waals surface area contributed by atoms with Crippen molar-refractivity contribution in [2.24, 2.45) is 0 Å². The van der Waals surface area contributed by atoms with Gasteiger partial charge in [-0.1, -0.05) is 41.6 Å². The highest BCUT2D eigenvalue weighted by Gasteiger charge is 2.22. The van der Waals surface area contributed by atoms with Gasteiger partial charge in [0.25, 0.3) is 5.22 Å². The van der Waals surface area contributed by atoms with Crippen LogP contribution in [0.4, 0.5) is 0 Å². The summed E-state index contributed by atoms with van der Waals surface area (Å²) in [6.07, 6.45) is 1.85. The first-order valence-electron chi connectivity index (χ1n) is 5.94. The fourth-order valence-electron chi connectivity index (χ4n) is 1.63. The minimum atomic E-state index is -0.456. The van der Waals surface area contributed by atoms with Crippen LogP contribution in [0.25, 0.3) is 11.3 Å². The molecule has 0 fully saturated rings. The fourth-order valence-corrected chi connectivity index (χ4v) is 1.98. The Kier molecular flexibility index (Phi) is 4.27. The van der Waals surface area contributed by atoms with E-state index in [1.54, 1.807) is 6.92 Å². The van der Waals surface area contributed by atoms with E-state index >= 15 is 0 Å². The zero-order valence-corrected chi connectivity index (χ0v) is 11.9. The Hall–Kier alpha value is -1.75. The molecule has 0 aliphatic rings. The molecule has 1 aromatic heterocycles. The normalized spacial score (nSPS) is 10.5. The molecule has 19 heavy (non-hydrogen) atoms. The van der Waals surface area contributed by atoms with E-state index in [9.17, 15) is 4.79 Å². The van der Waals surface area contributed by atoms with Gasteiger partial charge < -0.3 is 9.15 Å². The molecule has 0 spiro atoms. The van der Waals surface area contributed by atoms with Crippen LogP contribution >= 0.6 is 11.8 Å². The summed E-state index contributed by atoms with van der Waals surface area (Å²) in [6, 6.07) is 7.74. The Bertz CT molecular complexity index is 575. The maximum Gasteiger partial charge on any atom is 0.361 e. The van der Waals surface area contributed by atoms with E-state index < -0.39 is 5.97 Å². The summed E-state index contributed by atoms with van der Waals surface area (Å²) < 4.78 is 10.6. The molecule has 0 atom stereocenters. The van der Waals surface area contributed by atoms with Gasteiger partial charge in [-0.15, -0.1) is 0 Å². The quantitative estimate of drug-likeness (QED) is 0.632. The highest BCUT2D eigenvalue weighted by atomic mass is 32.2. The number of carbonyl (C=O) groups excluding carboxylic acids is 1. The number of carbonyl (C=O) groups is 1. The number of benzene rings is 1. The number of esters is 1. The third kappa shape index (κ3) is 2.98. The van der Waals surface area contributed by atoms with Gasteiger partial charge in [-0.25, -0.2) is 4.79 Å². The second kappa shape index (κ2) is 5.93. The molecule has 0 aliphatic heterocycles. The second-order valence-corrected chi connectivity index (χ2v) is 4.71. The number of ether oxygens (including phenoxy) is 1. The molecule has 100 valence electrons. The van der Waals surface area contributed by atoms with Crippen LogP contribution in [0.2, 0.25) is 0 Å². The van der Waals surface area contributed by atoms with Crippen molar-refractivity contribution in [3.05, 3.63) is 35.5 Å².